The van der Waals surface area contributed by atoms with Crippen LogP contribution in [0.25, 0.3) is 0 Å². The lowest BCUT2D eigenvalue weighted by Gasteiger charge is -2.09. The minimum atomic E-state index is -0.787. The quantitative estimate of drug-likeness (QED) is 0.780. The largest absolute Gasteiger partial charge is 0.452 e. The average molecular weight is 350 g/mol. The zero-order valence-electron chi connectivity index (χ0n) is 12.9. The molecule has 0 unspecified atom stereocenters. The molecule has 0 spiro atoms. The number of carbonyl (C=O) groups is 3. The lowest BCUT2D eigenvalue weighted by Crippen LogP contribution is -2.23. The SMILES string of the molecule is Cc1cc(=O)oc(C)c1C(=O)OCC(=O)Nc1sccc1C(N)=O. The molecule has 0 saturated heterocycles. The molecular formula is C15H14N2O6S. The van der Waals surface area contributed by atoms with E-state index in [0.717, 1.165) is 17.4 Å². The summed E-state index contributed by atoms with van der Waals surface area (Å²) in [7, 11) is 0. The Labute approximate surface area is 140 Å². The van der Waals surface area contributed by atoms with E-state index in [1.54, 1.807) is 12.3 Å². The fraction of sp³-hybridized carbons (Fsp3) is 0.200. The highest BCUT2D eigenvalue weighted by Crippen LogP contribution is 2.22. The third-order valence-corrected chi connectivity index (χ3v) is 3.89. The summed E-state index contributed by atoms with van der Waals surface area (Å²) in [6.07, 6.45) is 0. The molecule has 0 aliphatic heterocycles. The highest BCUT2D eigenvalue weighted by atomic mass is 32.1. The van der Waals surface area contributed by atoms with Crippen LogP contribution < -0.4 is 16.7 Å². The maximum absolute atomic E-state index is 12.0. The maximum atomic E-state index is 12.0. The zero-order chi connectivity index (χ0) is 17.9. The summed E-state index contributed by atoms with van der Waals surface area (Å²) in [5.74, 6) is -1.97. The Morgan fingerprint density at radius 3 is 2.67 bits per heavy atom. The molecule has 0 atom stereocenters. The number of amides is 2. The third kappa shape index (κ3) is 3.87. The van der Waals surface area contributed by atoms with Crippen LogP contribution >= 0.6 is 11.3 Å². The van der Waals surface area contributed by atoms with Crippen molar-refractivity contribution in [2.45, 2.75) is 13.8 Å². The Morgan fingerprint density at radius 2 is 2.04 bits per heavy atom. The number of esters is 1. The molecule has 0 aliphatic rings. The molecule has 2 amide bonds. The van der Waals surface area contributed by atoms with Crippen LogP contribution in [0.15, 0.2) is 26.7 Å². The Bertz CT molecular complexity index is 841. The summed E-state index contributed by atoms with van der Waals surface area (Å²) in [5, 5.41) is 4.32. The van der Waals surface area contributed by atoms with Crippen LogP contribution in [-0.2, 0) is 9.53 Å². The molecule has 3 N–H and O–H groups in total. The van der Waals surface area contributed by atoms with Gasteiger partial charge in [0.05, 0.1) is 5.56 Å². The van der Waals surface area contributed by atoms with Crippen LogP contribution in [0.2, 0.25) is 0 Å². The predicted molar refractivity (Wildman–Crippen MR) is 86.2 cm³/mol. The fourth-order valence-corrected chi connectivity index (χ4v) is 2.84. The smallest absolute Gasteiger partial charge is 0.342 e. The molecule has 0 radical (unpaired) electrons. The van der Waals surface area contributed by atoms with Crippen LogP contribution in [-0.4, -0.2) is 24.4 Å². The number of primary amides is 1. The summed E-state index contributed by atoms with van der Waals surface area (Å²) in [6.45, 7) is 2.45. The first-order valence-electron chi connectivity index (χ1n) is 6.75. The van der Waals surface area contributed by atoms with E-state index in [4.69, 9.17) is 14.9 Å². The molecule has 2 aromatic heterocycles. The normalized spacial score (nSPS) is 10.2. The fourth-order valence-electron chi connectivity index (χ4n) is 2.03. The van der Waals surface area contributed by atoms with E-state index >= 15 is 0 Å². The van der Waals surface area contributed by atoms with Gasteiger partial charge in [-0.15, -0.1) is 11.3 Å². The number of anilines is 1. The Morgan fingerprint density at radius 1 is 1.33 bits per heavy atom. The standard InChI is InChI=1S/C15H14N2O6S/c1-7-5-11(19)23-8(2)12(7)15(21)22-6-10(18)17-14-9(13(16)20)3-4-24-14/h3-5H,6H2,1-2H3,(H2,16,20)(H,17,18). The molecule has 0 bridgehead atoms. The number of rotatable bonds is 5. The van der Waals surface area contributed by atoms with Crippen molar-refractivity contribution >= 4 is 34.1 Å². The van der Waals surface area contributed by atoms with E-state index in [-0.39, 0.29) is 21.9 Å². The van der Waals surface area contributed by atoms with E-state index in [0.29, 0.717) is 5.56 Å². The average Bonchev–Trinajstić information content (AvgIpc) is 2.92. The van der Waals surface area contributed by atoms with Gasteiger partial charge in [-0.05, 0) is 30.9 Å². The van der Waals surface area contributed by atoms with Gasteiger partial charge < -0.3 is 20.2 Å². The van der Waals surface area contributed by atoms with E-state index in [9.17, 15) is 19.2 Å². The van der Waals surface area contributed by atoms with Crippen LogP contribution in [0.5, 0.6) is 0 Å². The van der Waals surface area contributed by atoms with Gasteiger partial charge in [0.15, 0.2) is 6.61 Å². The van der Waals surface area contributed by atoms with Crippen molar-refractivity contribution in [2.24, 2.45) is 5.73 Å². The van der Waals surface area contributed by atoms with Crippen molar-refractivity contribution in [1.29, 1.82) is 0 Å². The van der Waals surface area contributed by atoms with Crippen LogP contribution in [0.3, 0.4) is 0 Å². The van der Waals surface area contributed by atoms with Crippen LogP contribution in [0.1, 0.15) is 32.0 Å². The van der Waals surface area contributed by atoms with Crippen molar-refractivity contribution < 1.29 is 23.5 Å². The maximum Gasteiger partial charge on any atom is 0.342 e. The number of ether oxygens (including phenoxy) is 1. The Balaban J connectivity index is 2.02. The first kappa shape index (κ1) is 17.4. The molecule has 126 valence electrons. The predicted octanol–water partition coefficient (Wildman–Crippen LogP) is 1.21. The molecule has 2 aromatic rings. The zero-order valence-corrected chi connectivity index (χ0v) is 13.7. The molecule has 9 heteroatoms. The molecule has 0 fully saturated rings. The van der Waals surface area contributed by atoms with Crippen molar-refractivity contribution in [2.75, 3.05) is 11.9 Å². The van der Waals surface area contributed by atoms with Gasteiger partial charge in [-0.25, -0.2) is 9.59 Å². The van der Waals surface area contributed by atoms with E-state index < -0.39 is 30.0 Å². The first-order chi connectivity index (χ1) is 11.3. The molecule has 8 nitrogen and oxygen atoms in total. The van der Waals surface area contributed by atoms with Crippen molar-refractivity contribution in [3.63, 3.8) is 0 Å². The van der Waals surface area contributed by atoms with E-state index in [2.05, 4.69) is 5.32 Å². The van der Waals surface area contributed by atoms with Gasteiger partial charge in [-0.1, -0.05) is 0 Å². The van der Waals surface area contributed by atoms with Crippen molar-refractivity contribution in [3.8, 4) is 0 Å². The highest BCUT2D eigenvalue weighted by Gasteiger charge is 2.19. The summed E-state index contributed by atoms with van der Waals surface area (Å²) in [4.78, 5) is 46.3. The van der Waals surface area contributed by atoms with Crippen LogP contribution in [0, 0.1) is 13.8 Å². The van der Waals surface area contributed by atoms with Crippen LogP contribution in [0.4, 0.5) is 5.00 Å². The van der Waals surface area contributed by atoms with Gasteiger partial charge in [0.2, 0.25) is 0 Å². The monoisotopic (exact) mass is 350 g/mol. The van der Waals surface area contributed by atoms with Gasteiger partial charge in [0, 0.05) is 6.07 Å². The lowest BCUT2D eigenvalue weighted by atomic mass is 10.1. The second-order valence-corrected chi connectivity index (χ2v) is 5.75. The second-order valence-electron chi connectivity index (χ2n) is 4.83. The molecule has 2 heterocycles. The Kier molecular flexibility index (Phi) is 5.14. The topological polar surface area (TPSA) is 129 Å². The number of thiophene rings is 1. The second kappa shape index (κ2) is 7.09. The number of nitrogens with one attached hydrogen (secondary N) is 1. The van der Waals surface area contributed by atoms with Gasteiger partial charge in [-0.2, -0.15) is 0 Å². The van der Waals surface area contributed by atoms with E-state index in [1.807, 2.05) is 0 Å². The minimum absolute atomic E-state index is 0.0938. The molecule has 0 saturated carbocycles. The molecule has 0 aromatic carbocycles. The summed E-state index contributed by atoms with van der Waals surface area (Å²) < 4.78 is 9.75. The van der Waals surface area contributed by atoms with Gasteiger partial charge >= 0.3 is 11.6 Å². The number of aryl methyl sites for hydroxylation is 2. The van der Waals surface area contributed by atoms with Gasteiger partial charge in [0.25, 0.3) is 11.8 Å². The Hall–Kier alpha value is -2.94. The van der Waals surface area contributed by atoms with Gasteiger partial charge in [0.1, 0.15) is 16.3 Å². The molecular weight excluding hydrogens is 336 g/mol. The molecule has 0 aliphatic carbocycles. The summed E-state index contributed by atoms with van der Waals surface area (Å²) >= 11 is 1.12. The van der Waals surface area contributed by atoms with Gasteiger partial charge in [-0.3, -0.25) is 9.59 Å². The van der Waals surface area contributed by atoms with E-state index in [1.165, 1.54) is 13.0 Å². The number of nitrogens with two attached hydrogens (primary N) is 1. The highest BCUT2D eigenvalue weighted by molar-refractivity contribution is 7.14. The number of hydrogen-bond donors (Lipinski definition) is 2. The lowest BCUT2D eigenvalue weighted by molar-refractivity contribution is -0.119. The third-order valence-electron chi connectivity index (χ3n) is 3.06. The summed E-state index contributed by atoms with van der Waals surface area (Å²) in [5.41, 5.74) is 5.26. The van der Waals surface area contributed by atoms with Crippen molar-refractivity contribution in [3.05, 3.63) is 50.4 Å². The summed E-state index contributed by atoms with van der Waals surface area (Å²) in [6, 6.07) is 2.64. The number of hydrogen-bond acceptors (Lipinski definition) is 7. The minimum Gasteiger partial charge on any atom is -0.452 e. The number of carbonyl (C=O) groups excluding carboxylic acids is 3. The first-order valence-corrected chi connectivity index (χ1v) is 7.63. The molecule has 24 heavy (non-hydrogen) atoms. The van der Waals surface area contributed by atoms with Crippen molar-refractivity contribution in [1.82, 2.24) is 0 Å². The molecule has 2 rings (SSSR count).